The molecule has 1 unspecified atom stereocenters. The molecule has 190 valence electrons. The van der Waals surface area contributed by atoms with Crippen molar-refractivity contribution in [1.29, 1.82) is 0 Å². The van der Waals surface area contributed by atoms with Crippen molar-refractivity contribution >= 4 is 52.8 Å². The molecule has 11 nitrogen and oxygen atoms in total. The molecule has 0 saturated carbocycles. The Morgan fingerprint density at radius 3 is 2.27 bits per heavy atom. The number of carbonyl (C=O) groups is 6. The number of benzene rings is 2. The second-order valence-corrected chi connectivity index (χ2v) is 9.36. The van der Waals surface area contributed by atoms with E-state index in [-0.39, 0.29) is 40.5 Å². The molecule has 3 aliphatic heterocycles. The average molecular weight is 525 g/mol. The van der Waals surface area contributed by atoms with Gasteiger partial charge in [-0.15, -0.1) is 0 Å². The standard InChI is InChI=1S/C25H21ClN4O7/c26-18-11-13(1-3-16(18)25(36)37)22(33)29-9-7-28(8-10-29)14-2-4-15-17(12-14)24(35)30(23(15)34)19-5-6-20(31)27-21(19)32/h1-4,11-12,19H,5-10H2,(H,36,37)(H,27,31,32). The molecule has 3 aliphatic rings. The van der Waals surface area contributed by atoms with Gasteiger partial charge < -0.3 is 14.9 Å². The van der Waals surface area contributed by atoms with E-state index in [0.717, 1.165) is 4.90 Å². The summed E-state index contributed by atoms with van der Waals surface area (Å²) in [5.74, 6) is -3.68. The van der Waals surface area contributed by atoms with Gasteiger partial charge in [-0.25, -0.2) is 4.79 Å². The second kappa shape index (κ2) is 9.32. The summed E-state index contributed by atoms with van der Waals surface area (Å²) in [7, 11) is 0. The first kappa shape index (κ1) is 24.4. The molecule has 2 aromatic rings. The zero-order chi connectivity index (χ0) is 26.4. The topological polar surface area (TPSA) is 144 Å². The number of amides is 5. The molecule has 0 radical (unpaired) electrons. The van der Waals surface area contributed by atoms with Gasteiger partial charge in [0.2, 0.25) is 11.8 Å². The summed E-state index contributed by atoms with van der Waals surface area (Å²) in [5.41, 5.74) is 1.31. The summed E-state index contributed by atoms with van der Waals surface area (Å²) in [5, 5.41) is 11.3. The van der Waals surface area contributed by atoms with Gasteiger partial charge in [-0.1, -0.05) is 11.6 Å². The van der Waals surface area contributed by atoms with Crippen LogP contribution >= 0.6 is 11.6 Å². The first-order chi connectivity index (χ1) is 17.7. The Morgan fingerprint density at radius 2 is 1.62 bits per heavy atom. The molecule has 2 N–H and O–H groups in total. The number of halogens is 1. The van der Waals surface area contributed by atoms with Crippen LogP contribution in [0.15, 0.2) is 36.4 Å². The minimum Gasteiger partial charge on any atom is -0.478 e. The summed E-state index contributed by atoms with van der Waals surface area (Å²) in [4.78, 5) is 78.3. The Hall–Kier alpha value is -4.25. The van der Waals surface area contributed by atoms with Gasteiger partial charge in [0.25, 0.3) is 17.7 Å². The van der Waals surface area contributed by atoms with Crippen LogP contribution < -0.4 is 10.2 Å². The van der Waals surface area contributed by atoms with Crippen molar-refractivity contribution in [3.8, 4) is 0 Å². The van der Waals surface area contributed by atoms with Crippen LogP contribution in [0.3, 0.4) is 0 Å². The van der Waals surface area contributed by atoms with E-state index in [0.29, 0.717) is 37.4 Å². The van der Waals surface area contributed by atoms with E-state index in [1.165, 1.54) is 18.2 Å². The third-order valence-corrected chi connectivity index (χ3v) is 7.11. The number of piperidine rings is 1. The number of nitrogens with zero attached hydrogens (tertiary/aromatic N) is 3. The van der Waals surface area contributed by atoms with Crippen LogP contribution in [0, 0.1) is 0 Å². The average Bonchev–Trinajstić information content (AvgIpc) is 3.12. The number of rotatable bonds is 4. The summed E-state index contributed by atoms with van der Waals surface area (Å²) in [6.07, 6.45) is 0.136. The number of hydrogen-bond donors (Lipinski definition) is 2. The highest BCUT2D eigenvalue weighted by Crippen LogP contribution is 2.31. The molecule has 0 spiro atoms. The molecule has 0 aromatic heterocycles. The van der Waals surface area contributed by atoms with Gasteiger partial charge in [0.1, 0.15) is 6.04 Å². The fraction of sp³-hybridized carbons (Fsp3) is 0.280. The number of nitrogens with one attached hydrogen (secondary N) is 1. The lowest BCUT2D eigenvalue weighted by atomic mass is 10.0. The maximum atomic E-state index is 13.1. The molecule has 5 rings (SSSR count). The van der Waals surface area contributed by atoms with E-state index in [1.54, 1.807) is 23.1 Å². The van der Waals surface area contributed by atoms with Crippen molar-refractivity contribution in [2.24, 2.45) is 0 Å². The van der Waals surface area contributed by atoms with Crippen molar-refractivity contribution in [2.45, 2.75) is 18.9 Å². The number of aromatic carboxylic acids is 1. The minimum absolute atomic E-state index is 0.0132. The Balaban J connectivity index is 1.27. The molecule has 1 atom stereocenters. The summed E-state index contributed by atoms with van der Waals surface area (Å²) in [6, 6.07) is 7.94. The van der Waals surface area contributed by atoms with E-state index >= 15 is 0 Å². The van der Waals surface area contributed by atoms with Gasteiger partial charge in [-0.3, -0.25) is 34.2 Å². The van der Waals surface area contributed by atoms with Gasteiger partial charge in [0.15, 0.2) is 0 Å². The van der Waals surface area contributed by atoms with Crippen LogP contribution in [0.4, 0.5) is 5.69 Å². The van der Waals surface area contributed by atoms with E-state index < -0.39 is 35.6 Å². The Kier molecular flexibility index (Phi) is 6.16. The van der Waals surface area contributed by atoms with Crippen LogP contribution in [-0.2, 0) is 9.59 Å². The fourth-order valence-corrected chi connectivity index (χ4v) is 5.09. The van der Waals surface area contributed by atoms with Crippen LogP contribution in [-0.4, -0.2) is 82.6 Å². The molecule has 0 aliphatic carbocycles. The SMILES string of the molecule is O=C1CCC(N2C(=O)c3ccc(N4CCN(C(=O)c5ccc(C(=O)O)c(Cl)c5)CC4)cc3C2=O)C(=O)N1. The number of carboxylic acids is 1. The molecular formula is C25H21ClN4O7. The third kappa shape index (κ3) is 4.31. The second-order valence-electron chi connectivity index (χ2n) is 8.96. The number of carbonyl (C=O) groups excluding carboxylic acids is 5. The summed E-state index contributed by atoms with van der Waals surface area (Å²) >= 11 is 6.00. The minimum atomic E-state index is -1.17. The van der Waals surface area contributed by atoms with E-state index in [1.807, 2.05) is 4.90 Å². The Bertz CT molecular complexity index is 1380. The van der Waals surface area contributed by atoms with Crippen molar-refractivity contribution in [1.82, 2.24) is 15.1 Å². The number of fused-ring (bicyclic) bond motifs is 1. The molecular weight excluding hydrogens is 504 g/mol. The van der Waals surface area contributed by atoms with Gasteiger partial charge in [0, 0.05) is 43.9 Å². The Morgan fingerprint density at radius 1 is 0.919 bits per heavy atom. The van der Waals surface area contributed by atoms with Crippen LogP contribution in [0.1, 0.15) is 54.3 Å². The monoisotopic (exact) mass is 524 g/mol. The van der Waals surface area contributed by atoms with Gasteiger partial charge in [0.05, 0.1) is 21.7 Å². The lowest BCUT2D eigenvalue weighted by Crippen LogP contribution is -2.54. The van der Waals surface area contributed by atoms with E-state index in [2.05, 4.69) is 5.32 Å². The van der Waals surface area contributed by atoms with Gasteiger partial charge >= 0.3 is 5.97 Å². The molecule has 2 aromatic carbocycles. The zero-order valence-electron chi connectivity index (χ0n) is 19.4. The molecule has 0 bridgehead atoms. The Labute approximate surface area is 215 Å². The number of piperazine rings is 1. The summed E-state index contributed by atoms with van der Waals surface area (Å²) in [6.45, 7) is 1.68. The molecule has 5 amide bonds. The molecule has 37 heavy (non-hydrogen) atoms. The highest BCUT2D eigenvalue weighted by atomic mass is 35.5. The largest absolute Gasteiger partial charge is 0.478 e. The molecule has 2 fully saturated rings. The quantitative estimate of drug-likeness (QED) is 0.571. The van der Waals surface area contributed by atoms with Crippen molar-refractivity contribution < 1.29 is 33.9 Å². The lowest BCUT2D eigenvalue weighted by molar-refractivity contribution is -0.136. The maximum absolute atomic E-state index is 13.1. The van der Waals surface area contributed by atoms with Gasteiger partial charge in [-0.05, 0) is 42.8 Å². The lowest BCUT2D eigenvalue weighted by Gasteiger charge is -2.36. The molecule has 12 heteroatoms. The van der Waals surface area contributed by atoms with Gasteiger partial charge in [-0.2, -0.15) is 0 Å². The number of hydrogen-bond acceptors (Lipinski definition) is 7. The zero-order valence-corrected chi connectivity index (χ0v) is 20.2. The first-order valence-corrected chi connectivity index (χ1v) is 12.0. The normalized spacial score (nSPS) is 19.7. The fourth-order valence-electron chi connectivity index (χ4n) is 4.83. The third-order valence-electron chi connectivity index (χ3n) is 6.80. The maximum Gasteiger partial charge on any atom is 0.337 e. The first-order valence-electron chi connectivity index (χ1n) is 11.6. The predicted molar refractivity (Wildman–Crippen MR) is 130 cm³/mol. The number of imide groups is 2. The van der Waals surface area contributed by atoms with Crippen molar-refractivity contribution in [2.75, 3.05) is 31.1 Å². The van der Waals surface area contributed by atoms with Crippen LogP contribution in [0.5, 0.6) is 0 Å². The highest BCUT2D eigenvalue weighted by Gasteiger charge is 2.44. The number of carboxylic acid groups (broad SMARTS) is 1. The van der Waals surface area contributed by atoms with Crippen molar-refractivity contribution in [3.05, 3.63) is 63.7 Å². The molecule has 3 heterocycles. The van der Waals surface area contributed by atoms with Crippen LogP contribution in [0.25, 0.3) is 0 Å². The predicted octanol–water partition coefficient (Wildman–Crippen LogP) is 1.40. The van der Waals surface area contributed by atoms with E-state index in [4.69, 9.17) is 16.7 Å². The number of anilines is 1. The highest BCUT2D eigenvalue weighted by molar-refractivity contribution is 6.33. The van der Waals surface area contributed by atoms with E-state index in [9.17, 15) is 28.8 Å². The van der Waals surface area contributed by atoms with Crippen molar-refractivity contribution in [3.63, 3.8) is 0 Å². The smallest absolute Gasteiger partial charge is 0.337 e. The summed E-state index contributed by atoms with van der Waals surface area (Å²) < 4.78 is 0. The molecule has 2 saturated heterocycles. The van der Waals surface area contributed by atoms with Crippen LogP contribution in [0.2, 0.25) is 5.02 Å².